The quantitative estimate of drug-likeness (QED) is 0.578. The topological polar surface area (TPSA) is 82.1 Å². The van der Waals surface area contributed by atoms with Crippen LogP contribution in [0.15, 0.2) is 42.5 Å². The number of piperazine rings is 1. The molecule has 7 nitrogen and oxygen atoms in total. The molecule has 2 aliphatic rings. The van der Waals surface area contributed by atoms with E-state index in [0.717, 1.165) is 63.1 Å². The number of nitrogens with zero attached hydrogens (tertiary/aromatic N) is 2. The molecule has 0 aromatic heterocycles. The van der Waals surface area contributed by atoms with Crippen molar-refractivity contribution < 1.29 is 19.4 Å². The number of aliphatic carboxylic acids is 1. The first-order chi connectivity index (χ1) is 17.3. The van der Waals surface area contributed by atoms with Crippen molar-refractivity contribution in [2.45, 2.75) is 64.6 Å². The van der Waals surface area contributed by atoms with Crippen molar-refractivity contribution in [3.05, 3.63) is 59.2 Å². The number of nitrogens with one attached hydrogen (secondary N) is 1. The van der Waals surface area contributed by atoms with Crippen LogP contribution in [0.5, 0.6) is 5.75 Å². The maximum Gasteiger partial charge on any atom is 0.307 e. The monoisotopic (exact) mass is 493 g/mol. The van der Waals surface area contributed by atoms with Crippen molar-refractivity contribution in [1.82, 2.24) is 10.2 Å². The summed E-state index contributed by atoms with van der Waals surface area (Å²) >= 11 is 0. The summed E-state index contributed by atoms with van der Waals surface area (Å²) in [6.07, 6.45) is 3.25. The van der Waals surface area contributed by atoms with Crippen LogP contribution in [0, 0.1) is 12.8 Å². The molecule has 1 aliphatic heterocycles. The fourth-order valence-electron chi connectivity index (χ4n) is 5.39. The van der Waals surface area contributed by atoms with Crippen LogP contribution >= 0.6 is 0 Å². The van der Waals surface area contributed by atoms with Crippen LogP contribution in [0.1, 0.15) is 49.3 Å². The number of benzene rings is 2. The number of aryl methyl sites for hydroxylation is 1. The molecule has 0 unspecified atom stereocenters. The fraction of sp³-hybridized carbons (Fsp3) is 0.517. The van der Waals surface area contributed by atoms with Crippen molar-refractivity contribution in [1.29, 1.82) is 0 Å². The molecular weight excluding hydrogens is 454 g/mol. The molecule has 1 saturated heterocycles. The smallest absolute Gasteiger partial charge is 0.307 e. The number of carbonyl (C=O) groups is 2. The van der Waals surface area contributed by atoms with E-state index in [9.17, 15) is 9.59 Å². The van der Waals surface area contributed by atoms with Gasteiger partial charge in [0, 0.05) is 50.9 Å². The highest BCUT2D eigenvalue weighted by Crippen LogP contribution is 2.31. The largest absolute Gasteiger partial charge is 0.490 e. The Kier molecular flexibility index (Phi) is 8.64. The molecule has 1 amide bonds. The summed E-state index contributed by atoms with van der Waals surface area (Å²) in [6.45, 7) is 8.45. The molecule has 194 valence electrons. The zero-order valence-electron chi connectivity index (χ0n) is 21.7. The van der Waals surface area contributed by atoms with E-state index in [0.29, 0.717) is 11.8 Å². The van der Waals surface area contributed by atoms with Crippen LogP contribution in [0.2, 0.25) is 0 Å². The molecule has 1 saturated carbocycles. The first-order valence-corrected chi connectivity index (χ1v) is 13.1. The highest BCUT2D eigenvalue weighted by Gasteiger charge is 2.30. The molecule has 2 aromatic rings. The van der Waals surface area contributed by atoms with Crippen LogP contribution in [-0.4, -0.2) is 60.7 Å². The van der Waals surface area contributed by atoms with Gasteiger partial charge < -0.3 is 20.1 Å². The van der Waals surface area contributed by atoms with Crippen LogP contribution in [0.4, 0.5) is 5.69 Å². The third-order valence-electron chi connectivity index (χ3n) is 7.47. The molecule has 1 aliphatic carbocycles. The number of rotatable bonds is 8. The van der Waals surface area contributed by atoms with E-state index in [-0.39, 0.29) is 24.3 Å². The highest BCUT2D eigenvalue weighted by molar-refractivity contribution is 5.94. The van der Waals surface area contributed by atoms with Crippen LogP contribution in [0.3, 0.4) is 0 Å². The van der Waals surface area contributed by atoms with E-state index in [1.165, 1.54) is 11.1 Å². The molecule has 0 spiro atoms. The Bertz CT molecular complexity index is 1060. The third-order valence-corrected chi connectivity index (χ3v) is 7.47. The number of hydrogen-bond donors (Lipinski definition) is 2. The minimum absolute atomic E-state index is 0.00415. The van der Waals surface area contributed by atoms with E-state index < -0.39 is 5.97 Å². The number of anilines is 1. The van der Waals surface area contributed by atoms with Crippen molar-refractivity contribution in [3.63, 3.8) is 0 Å². The minimum atomic E-state index is -0.852. The van der Waals surface area contributed by atoms with Gasteiger partial charge in [-0.15, -0.1) is 0 Å². The molecule has 36 heavy (non-hydrogen) atoms. The van der Waals surface area contributed by atoms with Gasteiger partial charge in [0.2, 0.25) is 5.91 Å². The second-order valence-electron chi connectivity index (χ2n) is 10.4. The lowest BCUT2D eigenvalue weighted by Gasteiger charge is -2.32. The number of ether oxygens (including phenoxy) is 1. The first-order valence-electron chi connectivity index (χ1n) is 13.1. The maximum atomic E-state index is 13.3. The second kappa shape index (κ2) is 11.9. The summed E-state index contributed by atoms with van der Waals surface area (Å²) in [4.78, 5) is 28.5. The normalized spacial score (nSPS) is 22.7. The van der Waals surface area contributed by atoms with Gasteiger partial charge in [-0.2, -0.15) is 0 Å². The molecule has 2 N–H and O–H groups in total. The van der Waals surface area contributed by atoms with E-state index in [4.69, 9.17) is 9.84 Å². The summed E-state index contributed by atoms with van der Waals surface area (Å²) in [5, 5.41) is 12.5. The summed E-state index contributed by atoms with van der Waals surface area (Å²) in [5.74, 6) is 0.0105. The van der Waals surface area contributed by atoms with Gasteiger partial charge in [0.15, 0.2) is 0 Å². The molecule has 1 heterocycles. The standard InChI is InChI=1S/C29H39N3O4/c1-20-15-25(10-7-24(20)19-32-14-13-30-21(2)18-32)31(3)29(35)23-8-11-26(12-9-23)36-27-6-4-5-22(16-27)17-28(33)34/h4-7,10,15-16,21,23,26,30H,8-9,11-14,17-19H2,1-3H3,(H,33,34)/t21-,23?,26?/m0/s1. The van der Waals surface area contributed by atoms with Crippen LogP contribution < -0.4 is 15.0 Å². The van der Waals surface area contributed by atoms with E-state index in [1.54, 1.807) is 12.1 Å². The molecule has 1 atom stereocenters. The average Bonchev–Trinajstić information content (AvgIpc) is 2.85. The van der Waals surface area contributed by atoms with Gasteiger partial charge in [-0.1, -0.05) is 18.2 Å². The third kappa shape index (κ3) is 6.86. The Hall–Kier alpha value is -2.90. The van der Waals surface area contributed by atoms with Gasteiger partial charge in [-0.05, 0) is 80.5 Å². The molecule has 2 fully saturated rings. The summed E-state index contributed by atoms with van der Waals surface area (Å²) in [7, 11) is 1.88. The van der Waals surface area contributed by atoms with E-state index in [2.05, 4.69) is 42.3 Å². The average molecular weight is 494 g/mol. The SMILES string of the molecule is Cc1cc(N(C)C(=O)C2CCC(Oc3cccc(CC(=O)O)c3)CC2)ccc1CN1CCN[C@@H](C)C1. The lowest BCUT2D eigenvalue weighted by Crippen LogP contribution is -2.48. The predicted octanol–water partition coefficient (Wildman–Crippen LogP) is 4.02. The molecule has 2 aromatic carbocycles. The number of hydrogen-bond acceptors (Lipinski definition) is 5. The molecule has 4 rings (SSSR count). The summed E-state index contributed by atoms with van der Waals surface area (Å²) < 4.78 is 6.12. The zero-order valence-corrected chi connectivity index (χ0v) is 21.7. The van der Waals surface area contributed by atoms with E-state index in [1.807, 2.05) is 24.1 Å². The van der Waals surface area contributed by atoms with Crippen LogP contribution in [-0.2, 0) is 22.6 Å². The van der Waals surface area contributed by atoms with Crippen molar-refractivity contribution in [2.75, 3.05) is 31.6 Å². The summed E-state index contributed by atoms with van der Waals surface area (Å²) in [6, 6.07) is 14.2. The minimum Gasteiger partial charge on any atom is -0.490 e. The maximum absolute atomic E-state index is 13.3. The van der Waals surface area contributed by atoms with Crippen molar-refractivity contribution >= 4 is 17.6 Å². The number of carboxylic acids is 1. The molecular formula is C29H39N3O4. The number of amides is 1. The van der Waals surface area contributed by atoms with Gasteiger partial charge in [0.1, 0.15) is 5.75 Å². The Morgan fingerprint density at radius 3 is 2.61 bits per heavy atom. The Balaban J connectivity index is 1.29. The van der Waals surface area contributed by atoms with Crippen LogP contribution in [0.25, 0.3) is 0 Å². The molecule has 0 bridgehead atoms. The zero-order chi connectivity index (χ0) is 25.7. The van der Waals surface area contributed by atoms with Gasteiger partial charge in [-0.25, -0.2) is 0 Å². The fourth-order valence-corrected chi connectivity index (χ4v) is 5.39. The van der Waals surface area contributed by atoms with Gasteiger partial charge in [0.05, 0.1) is 12.5 Å². The highest BCUT2D eigenvalue weighted by atomic mass is 16.5. The predicted molar refractivity (Wildman–Crippen MR) is 141 cm³/mol. The van der Waals surface area contributed by atoms with E-state index >= 15 is 0 Å². The number of carbonyl (C=O) groups excluding carboxylic acids is 1. The van der Waals surface area contributed by atoms with Crippen molar-refractivity contribution in [2.24, 2.45) is 5.92 Å². The van der Waals surface area contributed by atoms with Gasteiger partial charge in [-0.3, -0.25) is 14.5 Å². The Morgan fingerprint density at radius 2 is 1.92 bits per heavy atom. The Labute approximate surface area is 214 Å². The first kappa shape index (κ1) is 26.2. The molecule has 7 heteroatoms. The van der Waals surface area contributed by atoms with Gasteiger partial charge in [0.25, 0.3) is 0 Å². The lowest BCUT2D eigenvalue weighted by molar-refractivity contribution is -0.136. The van der Waals surface area contributed by atoms with Crippen molar-refractivity contribution in [3.8, 4) is 5.75 Å². The van der Waals surface area contributed by atoms with Gasteiger partial charge >= 0.3 is 5.97 Å². The lowest BCUT2D eigenvalue weighted by atomic mass is 9.86. The summed E-state index contributed by atoms with van der Waals surface area (Å²) in [5.41, 5.74) is 4.22. The molecule has 0 radical (unpaired) electrons. The Morgan fingerprint density at radius 1 is 1.14 bits per heavy atom. The number of carboxylic acid groups (broad SMARTS) is 1. The second-order valence-corrected chi connectivity index (χ2v) is 10.4.